The number of esters is 1. The standard InChI is InChI=1S/C39H64NO8P/c1-3-5-7-9-11-12-13-14-15-16-17-18-19-20-21-22-23-24-26-28-30-32-39(43)46-35-37(41)36-48-49(44,45)47-34-33-40-38(42)31-29-27-25-10-8-6-4-2/h5,7,11-12,14-15,17-18,20-21,23-24,28,30,37,41H,3-4,6,8-10,13,16,19,22,25-27,29,31-36H2,1-2H3,(H,40,42)(H,44,45)/b7-5-,12-11-,15-14-,18-17-,21-20-,24-23-,30-28-. The molecule has 0 heterocycles. The zero-order valence-electron chi connectivity index (χ0n) is 30.1. The summed E-state index contributed by atoms with van der Waals surface area (Å²) in [5.74, 6) is -0.666. The average Bonchev–Trinajstić information content (AvgIpc) is 3.08. The second-order valence-electron chi connectivity index (χ2n) is 11.5. The van der Waals surface area contributed by atoms with Gasteiger partial charge in [-0.05, 0) is 51.4 Å². The number of carbonyl (C=O) groups is 2. The molecule has 0 fully saturated rings. The van der Waals surface area contributed by atoms with Crippen molar-refractivity contribution in [3.63, 3.8) is 0 Å². The molecule has 3 N–H and O–H groups in total. The van der Waals surface area contributed by atoms with Crippen LogP contribution in [-0.2, 0) is 27.9 Å². The topological polar surface area (TPSA) is 131 Å². The van der Waals surface area contributed by atoms with Crippen LogP contribution in [-0.4, -0.2) is 54.3 Å². The SMILES string of the molecule is CC/C=C\C/C=C\C/C=C\C/C=C\C/C=C\C/C=C\C/C=C\CC(=O)OCC(O)COP(=O)(O)OCCNC(=O)CCCCCCCCC. The average molecular weight is 706 g/mol. The predicted molar refractivity (Wildman–Crippen MR) is 201 cm³/mol. The lowest BCUT2D eigenvalue weighted by Crippen LogP contribution is -2.27. The molecule has 0 saturated heterocycles. The summed E-state index contributed by atoms with van der Waals surface area (Å²) >= 11 is 0. The van der Waals surface area contributed by atoms with Gasteiger partial charge in [-0.25, -0.2) is 4.57 Å². The monoisotopic (exact) mass is 705 g/mol. The molecule has 278 valence electrons. The zero-order chi connectivity index (χ0) is 36.1. The highest BCUT2D eigenvalue weighted by Gasteiger charge is 2.23. The number of ether oxygens (including phenoxy) is 1. The Kier molecular flexibility index (Phi) is 33.0. The van der Waals surface area contributed by atoms with Gasteiger partial charge in [-0.3, -0.25) is 18.6 Å². The van der Waals surface area contributed by atoms with E-state index in [4.69, 9.17) is 13.8 Å². The zero-order valence-corrected chi connectivity index (χ0v) is 31.0. The quantitative estimate of drug-likeness (QED) is 0.0273. The minimum atomic E-state index is -4.43. The van der Waals surface area contributed by atoms with Gasteiger partial charge in [-0.1, -0.05) is 137 Å². The number of nitrogens with one attached hydrogen (secondary N) is 1. The van der Waals surface area contributed by atoms with Crippen LogP contribution in [0.2, 0.25) is 0 Å². The van der Waals surface area contributed by atoms with Gasteiger partial charge < -0.3 is 20.1 Å². The molecule has 0 aromatic carbocycles. The third-order valence-electron chi connectivity index (χ3n) is 6.87. The number of amides is 1. The van der Waals surface area contributed by atoms with Gasteiger partial charge in [-0.2, -0.15) is 0 Å². The Morgan fingerprint density at radius 1 is 0.653 bits per heavy atom. The molecular formula is C39H64NO8P. The molecule has 2 unspecified atom stereocenters. The van der Waals surface area contributed by atoms with E-state index in [-0.39, 0.29) is 32.1 Å². The Hall–Kier alpha value is -2.81. The maximum absolute atomic E-state index is 12.0. The lowest BCUT2D eigenvalue weighted by atomic mass is 10.1. The van der Waals surface area contributed by atoms with Crippen LogP contribution in [0.15, 0.2) is 85.1 Å². The second kappa shape index (κ2) is 35.0. The van der Waals surface area contributed by atoms with Gasteiger partial charge in [0.1, 0.15) is 12.7 Å². The first kappa shape index (κ1) is 46.2. The van der Waals surface area contributed by atoms with Crippen LogP contribution in [0.5, 0.6) is 0 Å². The van der Waals surface area contributed by atoms with Crippen molar-refractivity contribution in [2.45, 2.75) is 123 Å². The first-order valence-electron chi connectivity index (χ1n) is 18.1. The number of rotatable bonds is 32. The molecule has 0 bridgehead atoms. The number of aliphatic hydroxyl groups is 1. The number of unbranched alkanes of at least 4 members (excludes halogenated alkanes) is 6. The van der Waals surface area contributed by atoms with Gasteiger partial charge in [0.15, 0.2) is 0 Å². The van der Waals surface area contributed by atoms with Crippen LogP contribution >= 0.6 is 7.82 Å². The van der Waals surface area contributed by atoms with Crippen LogP contribution in [0.25, 0.3) is 0 Å². The fourth-order valence-corrected chi connectivity index (χ4v) is 4.93. The van der Waals surface area contributed by atoms with Crippen molar-refractivity contribution in [2.75, 3.05) is 26.4 Å². The maximum atomic E-state index is 12.0. The maximum Gasteiger partial charge on any atom is 0.472 e. The number of allylic oxidation sites excluding steroid dienone is 13. The number of hydrogen-bond acceptors (Lipinski definition) is 7. The summed E-state index contributed by atoms with van der Waals surface area (Å²) in [6.45, 7) is 3.23. The van der Waals surface area contributed by atoms with Crippen molar-refractivity contribution in [1.82, 2.24) is 5.32 Å². The smallest absolute Gasteiger partial charge is 0.463 e. The normalized spacial score (nSPS) is 14.4. The molecule has 9 nitrogen and oxygen atoms in total. The van der Waals surface area contributed by atoms with E-state index >= 15 is 0 Å². The van der Waals surface area contributed by atoms with E-state index in [2.05, 4.69) is 86.0 Å². The van der Waals surface area contributed by atoms with Crippen molar-refractivity contribution >= 4 is 19.7 Å². The highest BCUT2D eigenvalue weighted by Crippen LogP contribution is 2.42. The summed E-state index contributed by atoms with van der Waals surface area (Å²) in [6, 6.07) is 0. The van der Waals surface area contributed by atoms with E-state index in [1.165, 1.54) is 25.7 Å². The molecule has 0 aliphatic carbocycles. The number of phosphoric ester groups is 1. The van der Waals surface area contributed by atoms with Gasteiger partial charge in [0, 0.05) is 13.0 Å². The molecule has 0 radical (unpaired) electrons. The summed E-state index contributed by atoms with van der Waals surface area (Å²) in [5.41, 5.74) is 0. The Morgan fingerprint density at radius 2 is 1.12 bits per heavy atom. The van der Waals surface area contributed by atoms with Crippen LogP contribution in [0.1, 0.15) is 117 Å². The Labute approximate surface area is 296 Å². The molecule has 10 heteroatoms. The van der Waals surface area contributed by atoms with Crippen molar-refractivity contribution in [2.24, 2.45) is 0 Å². The van der Waals surface area contributed by atoms with Gasteiger partial charge in [0.25, 0.3) is 0 Å². The fraction of sp³-hybridized carbons (Fsp3) is 0.590. The summed E-state index contributed by atoms with van der Waals surface area (Å²) in [4.78, 5) is 33.5. The van der Waals surface area contributed by atoms with Crippen LogP contribution in [0.4, 0.5) is 0 Å². The van der Waals surface area contributed by atoms with Crippen LogP contribution in [0, 0.1) is 0 Å². The van der Waals surface area contributed by atoms with Crippen molar-refractivity contribution in [1.29, 1.82) is 0 Å². The predicted octanol–water partition coefficient (Wildman–Crippen LogP) is 9.32. The van der Waals surface area contributed by atoms with Gasteiger partial charge in [0.2, 0.25) is 5.91 Å². The molecule has 0 aliphatic heterocycles. The molecule has 0 aromatic heterocycles. The third kappa shape index (κ3) is 36.3. The number of carbonyl (C=O) groups excluding carboxylic acids is 2. The number of phosphoric acid groups is 1. The van der Waals surface area contributed by atoms with E-state index in [1.807, 2.05) is 12.2 Å². The second-order valence-corrected chi connectivity index (χ2v) is 12.9. The molecule has 0 spiro atoms. The fourth-order valence-electron chi connectivity index (χ4n) is 4.17. The molecule has 0 aromatic rings. The van der Waals surface area contributed by atoms with Crippen molar-refractivity contribution in [3.8, 4) is 0 Å². The Morgan fingerprint density at radius 3 is 1.63 bits per heavy atom. The molecule has 0 aliphatic rings. The van der Waals surface area contributed by atoms with Gasteiger partial charge >= 0.3 is 13.8 Å². The van der Waals surface area contributed by atoms with E-state index in [1.54, 1.807) is 6.08 Å². The summed E-state index contributed by atoms with van der Waals surface area (Å²) in [5, 5.41) is 12.6. The Balaban J connectivity index is 3.82. The first-order valence-corrected chi connectivity index (χ1v) is 19.6. The summed E-state index contributed by atoms with van der Waals surface area (Å²) in [7, 11) is -4.43. The highest BCUT2D eigenvalue weighted by atomic mass is 31.2. The van der Waals surface area contributed by atoms with E-state index in [0.29, 0.717) is 12.8 Å². The van der Waals surface area contributed by atoms with Crippen LogP contribution < -0.4 is 5.32 Å². The molecule has 1 amide bonds. The minimum absolute atomic E-state index is 0.0441. The lowest BCUT2D eigenvalue weighted by Gasteiger charge is -2.15. The number of hydrogen-bond donors (Lipinski definition) is 3. The minimum Gasteiger partial charge on any atom is -0.463 e. The highest BCUT2D eigenvalue weighted by molar-refractivity contribution is 7.47. The van der Waals surface area contributed by atoms with E-state index in [9.17, 15) is 24.2 Å². The molecular weight excluding hydrogens is 641 g/mol. The van der Waals surface area contributed by atoms with E-state index < -0.39 is 26.5 Å². The number of aliphatic hydroxyl groups excluding tert-OH is 1. The molecule has 49 heavy (non-hydrogen) atoms. The van der Waals surface area contributed by atoms with E-state index in [0.717, 1.165) is 57.8 Å². The van der Waals surface area contributed by atoms with Crippen molar-refractivity contribution in [3.05, 3.63) is 85.1 Å². The Bertz CT molecular complexity index is 1080. The first-order chi connectivity index (χ1) is 23.8. The third-order valence-corrected chi connectivity index (χ3v) is 7.86. The van der Waals surface area contributed by atoms with Gasteiger partial charge in [-0.15, -0.1) is 0 Å². The van der Waals surface area contributed by atoms with Crippen LogP contribution in [0.3, 0.4) is 0 Å². The summed E-state index contributed by atoms with van der Waals surface area (Å²) in [6.07, 6.45) is 42.7. The lowest BCUT2D eigenvalue weighted by molar-refractivity contribution is -0.146. The summed E-state index contributed by atoms with van der Waals surface area (Å²) < 4.78 is 26.5. The largest absolute Gasteiger partial charge is 0.472 e. The van der Waals surface area contributed by atoms with Crippen molar-refractivity contribution < 1.29 is 37.9 Å². The molecule has 0 saturated carbocycles. The molecule has 0 rings (SSSR count). The van der Waals surface area contributed by atoms with Gasteiger partial charge in [0.05, 0.1) is 19.6 Å². The molecule has 2 atom stereocenters.